The molecule has 0 spiro atoms. The van der Waals surface area contributed by atoms with E-state index < -0.39 is 24.2 Å². The highest BCUT2D eigenvalue weighted by atomic mass is 35.5. The van der Waals surface area contributed by atoms with Crippen molar-refractivity contribution < 1.29 is 23.1 Å². The van der Waals surface area contributed by atoms with Gasteiger partial charge in [0.1, 0.15) is 5.15 Å². The third-order valence-corrected chi connectivity index (χ3v) is 2.77. The molecule has 0 saturated heterocycles. The van der Waals surface area contributed by atoms with E-state index in [-0.39, 0.29) is 17.1 Å². The van der Waals surface area contributed by atoms with Crippen LogP contribution in [0.3, 0.4) is 0 Å². The number of alkyl halides is 3. The van der Waals surface area contributed by atoms with E-state index in [9.17, 15) is 18.0 Å². The molecule has 0 atom stereocenters. The van der Waals surface area contributed by atoms with Gasteiger partial charge in [-0.1, -0.05) is 17.7 Å². The highest BCUT2D eigenvalue weighted by Crippen LogP contribution is 2.25. The molecule has 1 amide bonds. The van der Waals surface area contributed by atoms with Gasteiger partial charge in [-0.2, -0.15) is 13.2 Å². The molecule has 1 rings (SSSR count). The highest BCUT2D eigenvalue weighted by molar-refractivity contribution is 6.30. The van der Waals surface area contributed by atoms with Crippen LogP contribution in [-0.2, 0) is 12.8 Å². The van der Waals surface area contributed by atoms with E-state index in [1.54, 1.807) is 13.8 Å². The highest BCUT2D eigenvalue weighted by Gasteiger charge is 2.29. The van der Waals surface area contributed by atoms with Gasteiger partial charge < -0.3 is 10.4 Å². The van der Waals surface area contributed by atoms with Crippen molar-refractivity contribution >= 4 is 17.7 Å². The molecule has 4 nitrogen and oxygen atoms in total. The summed E-state index contributed by atoms with van der Waals surface area (Å²) in [6.45, 7) is 3.28. The van der Waals surface area contributed by atoms with Crippen LogP contribution in [0.5, 0.6) is 0 Å². The Morgan fingerprint density at radius 1 is 1.35 bits per heavy atom. The van der Waals surface area contributed by atoms with Crippen LogP contribution in [0.1, 0.15) is 25.1 Å². The standard InChI is InChI=1S/C12H14ClF3N2O2/c1-11(2,18-10(19)20)6-8-4-3-7(9(13)17-8)5-12(14,15)16/h3-4,18H,5-6H2,1-2H3,(H,19,20). The van der Waals surface area contributed by atoms with Crippen LogP contribution >= 0.6 is 11.6 Å². The van der Waals surface area contributed by atoms with E-state index in [2.05, 4.69) is 10.3 Å². The SMILES string of the molecule is CC(C)(Cc1ccc(CC(F)(F)F)c(Cl)n1)NC(=O)O. The van der Waals surface area contributed by atoms with E-state index in [1.165, 1.54) is 12.1 Å². The molecule has 0 saturated carbocycles. The molecule has 0 unspecified atom stereocenters. The number of pyridine rings is 1. The molecule has 0 aliphatic heterocycles. The second-order valence-corrected chi connectivity index (χ2v) is 5.39. The Bertz CT molecular complexity index is 504. The second kappa shape index (κ2) is 5.87. The van der Waals surface area contributed by atoms with Gasteiger partial charge in [0.2, 0.25) is 0 Å². The fraction of sp³-hybridized carbons (Fsp3) is 0.500. The first-order valence-electron chi connectivity index (χ1n) is 5.71. The van der Waals surface area contributed by atoms with Crippen LogP contribution in [0.25, 0.3) is 0 Å². The molecule has 1 heterocycles. The molecule has 112 valence electrons. The van der Waals surface area contributed by atoms with Gasteiger partial charge in [-0.25, -0.2) is 9.78 Å². The van der Waals surface area contributed by atoms with Crippen LogP contribution in [0.4, 0.5) is 18.0 Å². The summed E-state index contributed by atoms with van der Waals surface area (Å²) in [5, 5.41) is 10.7. The lowest BCUT2D eigenvalue weighted by Gasteiger charge is -2.24. The first-order valence-corrected chi connectivity index (χ1v) is 6.08. The maximum atomic E-state index is 12.3. The Labute approximate surface area is 119 Å². The number of carbonyl (C=O) groups is 1. The van der Waals surface area contributed by atoms with E-state index in [0.29, 0.717) is 5.69 Å². The predicted molar refractivity (Wildman–Crippen MR) is 67.9 cm³/mol. The molecule has 0 fully saturated rings. The third kappa shape index (κ3) is 5.64. The first kappa shape index (κ1) is 16.6. The summed E-state index contributed by atoms with van der Waals surface area (Å²) in [7, 11) is 0. The normalized spacial score (nSPS) is 12.3. The quantitative estimate of drug-likeness (QED) is 0.838. The zero-order valence-electron chi connectivity index (χ0n) is 10.9. The zero-order valence-corrected chi connectivity index (χ0v) is 11.6. The maximum Gasteiger partial charge on any atom is 0.405 e. The van der Waals surface area contributed by atoms with Gasteiger partial charge in [0.25, 0.3) is 0 Å². The predicted octanol–water partition coefficient (Wildman–Crippen LogP) is 3.43. The van der Waals surface area contributed by atoms with E-state index >= 15 is 0 Å². The number of nitrogens with one attached hydrogen (secondary N) is 1. The summed E-state index contributed by atoms with van der Waals surface area (Å²) in [6.07, 6.45) is -6.46. The average molecular weight is 311 g/mol. The first-order chi connectivity index (χ1) is 8.98. The number of hydrogen-bond donors (Lipinski definition) is 2. The Balaban J connectivity index is 2.85. The van der Waals surface area contributed by atoms with Crippen molar-refractivity contribution in [1.82, 2.24) is 10.3 Å². The van der Waals surface area contributed by atoms with Crippen molar-refractivity contribution in [3.05, 3.63) is 28.5 Å². The minimum absolute atomic E-state index is 0.105. The maximum absolute atomic E-state index is 12.3. The van der Waals surface area contributed by atoms with E-state index in [4.69, 9.17) is 16.7 Å². The van der Waals surface area contributed by atoms with E-state index in [1.807, 2.05) is 0 Å². The van der Waals surface area contributed by atoms with Crippen molar-refractivity contribution in [3.8, 4) is 0 Å². The molecule has 0 bridgehead atoms. The summed E-state index contributed by atoms with van der Waals surface area (Å²) in [4.78, 5) is 14.5. The summed E-state index contributed by atoms with van der Waals surface area (Å²) < 4.78 is 36.8. The third-order valence-electron chi connectivity index (χ3n) is 2.44. The minimum atomic E-state index is -4.35. The summed E-state index contributed by atoms with van der Waals surface area (Å²) >= 11 is 5.72. The Hall–Kier alpha value is -1.50. The Morgan fingerprint density at radius 3 is 2.40 bits per heavy atom. The topological polar surface area (TPSA) is 62.2 Å². The number of rotatable bonds is 4. The molecule has 0 aliphatic rings. The average Bonchev–Trinajstić information content (AvgIpc) is 2.17. The fourth-order valence-corrected chi connectivity index (χ4v) is 1.97. The molecular formula is C12H14ClF3N2O2. The molecule has 2 N–H and O–H groups in total. The van der Waals surface area contributed by atoms with Gasteiger partial charge in [0.05, 0.1) is 6.42 Å². The molecule has 1 aromatic heterocycles. The van der Waals surface area contributed by atoms with Crippen molar-refractivity contribution in [1.29, 1.82) is 0 Å². The Morgan fingerprint density at radius 2 is 1.95 bits per heavy atom. The lowest BCUT2D eigenvalue weighted by atomic mass is 9.98. The number of nitrogens with zero attached hydrogens (tertiary/aromatic N) is 1. The molecule has 20 heavy (non-hydrogen) atoms. The molecule has 0 aliphatic carbocycles. The van der Waals surface area contributed by atoms with Gasteiger partial charge >= 0.3 is 12.3 Å². The number of carboxylic acid groups (broad SMARTS) is 1. The lowest BCUT2D eigenvalue weighted by Crippen LogP contribution is -2.44. The Kier molecular flexibility index (Phi) is 4.86. The van der Waals surface area contributed by atoms with Crippen LogP contribution in [0.2, 0.25) is 5.15 Å². The number of hydrogen-bond acceptors (Lipinski definition) is 2. The second-order valence-electron chi connectivity index (χ2n) is 5.04. The van der Waals surface area contributed by atoms with Crippen molar-refractivity contribution in [2.75, 3.05) is 0 Å². The fourth-order valence-electron chi connectivity index (χ4n) is 1.73. The van der Waals surface area contributed by atoms with E-state index in [0.717, 1.165) is 0 Å². The molecular weight excluding hydrogens is 297 g/mol. The minimum Gasteiger partial charge on any atom is -0.465 e. The van der Waals surface area contributed by atoms with Crippen molar-refractivity contribution in [2.24, 2.45) is 0 Å². The molecule has 0 radical (unpaired) electrons. The van der Waals surface area contributed by atoms with Gasteiger partial charge in [0.15, 0.2) is 0 Å². The van der Waals surface area contributed by atoms with Crippen LogP contribution in [0.15, 0.2) is 12.1 Å². The van der Waals surface area contributed by atoms with Gasteiger partial charge in [-0.15, -0.1) is 0 Å². The molecule has 8 heteroatoms. The van der Waals surface area contributed by atoms with Crippen molar-refractivity contribution in [3.63, 3.8) is 0 Å². The van der Waals surface area contributed by atoms with Gasteiger partial charge in [-0.3, -0.25) is 0 Å². The smallest absolute Gasteiger partial charge is 0.405 e. The summed E-state index contributed by atoms with van der Waals surface area (Å²) in [6, 6.07) is 2.67. The van der Waals surface area contributed by atoms with Crippen LogP contribution < -0.4 is 5.32 Å². The monoisotopic (exact) mass is 310 g/mol. The molecule has 0 aromatic carbocycles. The summed E-state index contributed by atoms with van der Waals surface area (Å²) in [5.74, 6) is 0. The van der Waals surface area contributed by atoms with Gasteiger partial charge in [-0.05, 0) is 25.5 Å². The van der Waals surface area contributed by atoms with Crippen molar-refractivity contribution in [2.45, 2.75) is 38.4 Å². The number of aromatic nitrogens is 1. The summed E-state index contributed by atoms with van der Waals surface area (Å²) in [5.41, 5.74) is -0.486. The number of amides is 1. The van der Waals surface area contributed by atoms with Gasteiger partial charge in [0, 0.05) is 17.7 Å². The molecule has 1 aromatic rings. The van der Waals surface area contributed by atoms with Crippen LogP contribution in [-0.4, -0.2) is 27.9 Å². The van der Waals surface area contributed by atoms with Crippen LogP contribution in [0, 0.1) is 0 Å². The lowest BCUT2D eigenvalue weighted by molar-refractivity contribution is -0.127. The zero-order chi connectivity index (χ0) is 15.6. The number of halogens is 4. The largest absolute Gasteiger partial charge is 0.465 e.